The number of H-pyrrole nitrogens is 1. The number of halogens is 2. The van der Waals surface area contributed by atoms with Gasteiger partial charge in [-0.2, -0.15) is 5.10 Å². The minimum Gasteiger partial charge on any atom is -0.494 e. The summed E-state index contributed by atoms with van der Waals surface area (Å²) in [7, 11) is 1.47. The van der Waals surface area contributed by atoms with Crippen LogP contribution in [0, 0.1) is 11.6 Å². The maximum atomic E-state index is 14.5. The molecule has 0 aliphatic rings. The van der Waals surface area contributed by atoms with Gasteiger partial charge in [0, 0.05) is 21.9 Å². The topological polar surface area (TPSA) is 88.1 Å². The Hall–Kier alpha value is -4.33. The normalized spacial score (nSPS) is 11.2. The third kappa shape index (κ3) is 3.13. The third-order valence-electron chi connectivity index (χ3n) is 5.31. The lowest BCUT2D eigenvalue weighted by molar-refractivity contribution is 0.0692. The molecular weight excluding hydrogens is 416 g/mol. The van der Waals surface area contributed by atoms with E-state index < -0.39 is 17.3 Å². The van der Waals surface area contributed by atoms with Crippen LogP contribution in [0.1, 0.15) is 10.4 Å². The quantitative estimate of drug-likeness (QED) is 0.396. The summed E-state index contributed by atoms with van der Waals surface area (Å²) < 4.78 is 33.8. The van der Waals surface area contributed by atoms with Gasteiger partial charge < -0.3 is 9.84 Å². The van der Waals surface area contributed by atoms with Crippen LogP contribution in [0.3, 0.4) is 0 Å². The first-order valence-electron chi connectivity index (χ1n) is 9.60. The van der Waals surface area contributed by atoms with E-state index in [1.165, 1.54) is 31.4 Å². The van der Waals surface area contributed by atoms with Crippen LogP contribution in [-0.4, -0.2) is 33.4 Å². The fourth-order valence-electron chi connectivity index (χ4n) is 3.82. The van der Waals surface area contributed by atoms with E-state index in [4.69, 9.17) is 14.8 Å². The molecule has 0 saturated carbocycles. The monoisotopic (exact) mass is 431 g/mol. The number of carboxylic acid groups (broad SMARTS) is 1. The summed E-state index contributed by atoms with van der Waals surface area (Å²) >= 11 is 0. The van der Waals surface area contributed by atoms with Crippen LogP contribution >= 0.6 is 0 Å². The summed E-state index contributed by atoms with van der Waals surface area (Å²) in [6.07, 6.45) is 1.68. The van der Waals surface area contributed by atoms with Crippen molar-refractivity contribution in [3.05, 3.63) is 78.0 Å². The predicted octanol–water partition coefficient (Wildman–Crippen LogP) is 5.43. The van der Waals surface area contributed by atoms with Crippen LogP contribution in [0.15, 0.2) is 60.8 Å². The van der Waals surface area contributed by atoms with E-state index in [-0.39, 0.29) is 5.82 Å². The molecule has 0 amide bonds. The molecule has 0 bridgehead atoms. The van der Waals surface area contributed by atoms with Gasteiger partial charge in [0.2, 0.25) is 0 Å². The van der Waals surface area contributed by atoms with E-state index in [2.05, 4.69) is 10.2 Å². The van der Waals surface area contributed by atoms with Crippen LogP contribution in [0.5, 0.6) is 5.75 Å². The second-order valence-corrected chi connectivity index (χ2v) is 7.20. The van der Waals surface area contributed by atoms with Gasteiger partial charge in [-0.05, 0) is 42.0 Å². The average Bonchev–Trinajstić information content (AvgIpc) is 3.24. The number of carbonyl (C=O) groups is 1. The van der Waals surface area contributed by atoms with Crippen molar-refractivity contribution >= 4 is 27.8 Å². The summed E-state index contributed by atoms with van der Waals surface area (Å²) in [5.41, 5.74) is 2.92. The smallest absolute Gasteiger partial charge is 0.338 e. The Kier molecular flexibility index (Phi) is 4.55. The van der Waals surface area contributed by atoms with Crippen molar-refractivity contribution in [3.63, 3.8) is 0 Å². The van der Waals surface area contributed by atoms with Crippen molar-refractivity contribution in [2.45, 2.75) is 0 Å². The predicted molar refractivity (Wildman–Crippen MR) is 116 cm³/mol. The molecule has 8 heteroatoms. The molecular formula is C24H15F2N3O3. The second kappa shape index (κ2) is 7.42. The van der Waals surface area contributed by atoms with E-state index in [0.717, 1.165) is 22.4 Å². The van der Waals surface area contributed by atoms with Crippen molar-refractivity contribution in [3.8, 4) is 28.1 Å². The number of methoxy groups -OCH3 is 1. The number of rotatable bonds is 4. The molecule has 0 aliphatic heterocycles. The molecule has 0 atom stereocenters. The molecule has 158 valence electrons. The molecule has 2 N–H and O–H groups in total. The Morgan fingerprint density at radius 1 is 1.03 bits per heavy atom. The zero-order chi connectivity index (χ0) is 22.4. The Labute approximate surface area is 180 Å². The van der Waals surface area contributed by atoms with Crippen molar-refractivity contribution in [2.75, 3.05) is 7.11 Å². The second-order valence-electron chi connectivity index (χ2n) is 7.20. The zero-order valence-electron chi connectivity index (χ0n) is 16.7. The number of nitrogens with zero attached hydrogens (tertiary/aromatic N) is 2. The fourth-order valence-corrected chi connectivity index (χ4v) is 3.82. The molecule has 5 aromatic rings. The minimum absolute atomic E-state index is 0.328. The highest BCUT2D eigenvalue weighted by Gasteiger charge is 2.21. The summed E-state index contributed by atoms with van der Waals surface area (Å²) in [4.78, 5) is 15.9. The number of aromatic nitrogens is 3. The standard InChI is InChI=1S/C24H15F2N3O3/c1-32-23-21(12-2-5-15(25)6-3-12)17-8-14-11-27-29-19(14)10-20(17)28-22(23)13-4-7-16(24(30)31)18(26)9-13/h2-11H,1H3,(H,27,29)(H,30,31). The summed E-state index contributed by atoms with van der Waals surface area (Å²) in [5.74, 6) is -2.27. The van der Waals surface area contributed by atoms with Gasteiger partial charge in [-0.3, -0.25) is 5.10 Å². The Morgan fingerprint density at radius 3 is 2.47 bits per heavy atom. The number of hydrogen-bond donors (Lipinski definition) is 2. The van der Waals surface area contributed by atoms with Gasteiger partial charge in [0.15, 0.2) is 5.75 Å². The average molecular weight is 431 g/mol. The van der Waals surface area contributed by atoms with Gasteiger partial charge in [0.25, 0.3) is 0 Å². The molecule has 0 unspecified atom stereocenters. The van der Waals surface area contributed by atoms with Gasteiger partial charge in [-0.1, -0.05) is 18.2 Å². The highest BCUT2D eigenvalue weighted by molar-refractivity contribution is 6.06. The Morgan fingerprint density at radius 2 is 1.78 bits per heavy atom. The lowest BCUT2D eigenvalue weighted by Crippen LogP contribution is -2.02. The number of aromatic carboxylic acids is 1. The number of aromatic amines is 1. The molecule has 3 aromatic carbocycles. The Balaban J connectivity index is 1.87. The lowest BCUT2D eigenvalue weighted by Gasteiger charge is -2.17. The van der Waals surface area contributed by atoms with Crippen LogP contribution in [0.25, 0.3) is 44.2 Å². The van der Waals surface area contributed by atoms with Crippen molar-refractivity contribution in [2.24, 2.45) is 0 Å². The van der Waals surface area contributed by atoms with Crippen molar-refractivity contribution in [1.29, 1.82) is 0 Å². The maximum absolute atomic E-state index is 14.5. The number of carboxylic acids is 1. The number of benzene rings is 3. The molecule has 0 aliphatic carbocycles. The summed E-state index contributed by atoms with van der Waals surface area (Å²) in [5, 5.41) is 17.7. The first-order chi connectivity index (χ1) is 15.5. The first-order valence-corrected chi connectivity index (χ1v) is 9.60. The number of ether oxygens (including phenoxy) is 1. The zero-order valence-corrected chi connectivity index (χ0v) is 16.7. The van der Waals surface area contributed by atoms with Gasteiger partial charge >= 0.3 is 5.97 Å². The molecule has 2 heterocycles. The fraction of sp³-hybridized carbons (Fsp3) is 0.0417. The SMILES string of the molecule is COc1c(-c2ccc(C(=O)O)c(F)c2)nc2cc3[nH]ncc3cc2c1-c1ccc(F)cc1. The van der Waals surface area contributed by atoms with Gasteiger partial charge in [-0.15, -0.1) is 0 Å². The molecule has 2 aromatic heterocycles. The van der Waals surface area contributed by atoms with Gasteiger partial charge in [-0.25, -0.2) is 18.6 Å². The van der Waals surface area contributed by atoms with Crippen molar-refractivity contribution < 1.29 is 23.4 Å². The maximum Gasteiger partial charge on any atom is 0.338 e. The summed E-state index contributed by atoms with van der Waals surface area (Å²) in [6.45, 7) is 0. The first kappa shape index (κ1) is 19.6. The van der Waals surface area contributed by atoms with E-state index >= 15 is 0 Å². The number of hydrogen-bond acceptors (Lipinski definition) is 4. The van der Waals surface area contributed by atoms with E-state index in [0.29, 0.717) is 33.7 Å². The van der Waals surface area contributed by atoms with Gasteiger partial charge in [0.05, 0.1) is 29.9 Å². The van der Waals surface area contributed by atoms with Crippen LogP contribution in [0.4, 0.5) is 8.78 Å². The number of pyridine rings is 1. The van der Waals surface area contributed by atoms with E-state index in [1.54, 1.807) is 18.3 Å². The molecule has 5 rings (SSSR count). The van der Waals surface area contributed by atoms with Crippen LogP contribution in [0.2, 0.25) is 0 Å². The Bertz CT molecular complexity index is 1510. The molecule has 0 spiro atoms. The van der Waals surface area contributed by atoms with Crippen LogP contribution in [-0.2, 0) is 0 Å². The molecule has 32 heavy (non-hydrogen) atoms. The molecule has 0 radical (unpaired) electrons. The third-order valence-corrected chi connectivity index (χ3v) is 5.31. The highest BCUT2D eigenvalue weighted by Crippen LogP contribution is 2.43. The van der Waals surface area contributed by atoms with E-state index in [1.807, 2.05) is 12.1 Å². The largest absolute Gasteiger partial charge is 0.494 e. The molecule has 0 fully saturated rings. The van der Waals surface area contributed by atoms with Crippen molar-refractivity contribution in [1.82, 2.24) is 15.2 Å². The lowest BCUT2D eigenvalue weighted by atomic mass is 9.95. The van der Waals surface area contributed by atoms with E-state index in [9.17, 15) is 13.6 Å². The number of fused-ring (bicyclic) bond motifs is 2. The van der Waals surface area contributed by atoms with Crippen LogP contribution < -0.4 is 4.74 Å². The molecule has 6 nitrogen and oxygen atoms in total. The summed E-state index contributed by atoms with van der Waals surface area (Å²) in [6, 6.07) is 13.4. The number of nitrogens with one attached hydrogen (secondary N) is 1. The minimum atomic E-state index is -1.36. The molecule has 0 saturated heterocycles. The van der Waals surface area contributed by atoms with Gasteiger partial charge in [0.1, 0.15) is 17.3 Å². The highest BCUT2D eigenvalue weighted by atomic mass is 19.1.